The van der Waals surface area contributed by atoms with E-state index in [0.717, 1.165) is 5.56 Å². The van der Waals surface area contributed by atoms with E-state index in [1.807, 2.05) is 43.3 Å². The number of nitrogens with zero attached hydrogens (tertiary/aromatic N) is 1. The van der Waals surface area contributed by atoms with E-state index < -0.39 is 23.9 Å². The second-order valence-electron chi connectivity index (χ2n) is 5.60. The van der Waals surface area contributed by atoms with Gasteiger partial charge in [-0.25, -0.2) is 0 Å². The van der Waals surface area contributed by atoms with Gasteiger partial charge in [0.2, 0.25) is 0 Å². The van der Waals surface area contributed by atoms with Gasteiger partial charge in [0.15, 0.2) is 6.10 Å². The average Bonchev–Trinajstić information content (AvgIpc) is 2.63. The third-order valence-electron chi connectivity index (χ3n) is 3.86. The topological polar surface area (TPSA) is 79.2 Å². The normalized spacial score (nSPS) is 12.5. The number of rotatable bonds is 6. The summed E-state index contributed by atoms with van der Waals surface area (Å²) in [6, 6.07) is 18.0. The lowest BCUT2D eigenvalue weighted by Gasteiger charge is -2.18. The maximum Gasteiger partial charge on any atom is 0.314 e. The van der Waals surface area contributed by atoms with Crippen LogP contribution in [0.25, 0.3) is 0 Å². The molecule has 2 atom stereocenters. The second-order valence-corrected chi connectivity index (χ2v) is 5.60. The Morgan fingerprint density at radius 2 is 1.76 bits per heavy atom. The van der Waals surface area contributed by atoms with Crippen LogP contribution >= 0.6 is 0 Å². The first-order valence-electron chi connectivity index (χ1n) is 8.12. The first kappa shape index (κ1) is 18.2. The summed E-state index contributed by atoms with van der Waals surface area (Å²) in [5.74, 6) is -1.33. The van der Waals surface area contributed by atoms with Crippen LogP contribution in [0.4, 0.5) is 5.69 Å². The van der Waals surface area contributed by atoms with Crippen LogP contribution in [0.5, 0.6) is 0 Å². The Hall–Kier alpha value is -3.13. The third-order valence-corrected chi connectivity index (χ3v) is 3.86. The van der Waals surface area contributed by atoms with Crippen LogP contribution in [0.3, 0.4) is 0 Å². The number of hydrogen-bond acceptors (Lipinski definition) is 4. The summed E-state index contributed by atoms with van der Waals surface area (Å²) >= 11 is 0. The highest BCUT2D eigenvalue weighted by atomic mass is 16.5. The lowest BCUT2D eigenvalue weighted by molar-refractivity contribution is -0.154. The number of nitriles is 1. The lowest BCUT2D eigenvalue weighted by atomic mass is 9.97. The van der Waals surface area contributed by atoms with Crippen LogP contribution in [-0.2, 0) is 14.3 Å². The summed E-state index contributed by atoms with van der Waals surface area (Å²) in [6.07, 6.45) is -0.383. The Labute approximate surface area is 147 Å². The third kappa shape index (κ3) is 4.67. The molecule has 0 aliphatic rings. The molecule has 2 aromatic carbocycles. The van der Waals surface area contributed by atoms with Crippen molar-refractivity contribution in [3.63, 3.8) is 0 Å². The van der Waals surface area contributed by atoms with Gasteiger partial charge in [0.1, 0.15) is 6.07 Å². The van der Waals surface area contributed by atoms with Crippen molar-refractivity contribution in [3.8, 4) is 6.07 Å². The zero-order valence-electron chi connectivity index (χ0n) is 14.2. The van der Waals surface area contributed by atoms with Crippen LogP contribution < -0.4 is 5.32 Å². The number of nitrogens with one attached hydrogen (secondary N) is 1. The summed E-state index contributed by atoms with van der Waals surface area (Å²) < 4.78 is 5.33. The predicted octanol–water partition coefficient (Wildman–Crippen LogP) is 3.62. The molecule has 1 amide bonds. The molecule has 128 valence electrons. The highest BCUT2D eigenvalue weighted by Gasteiger charge is 2.25. The number of carbonyl (C=O) groups is 2. The fourth-order valence-electron chi connectivity index (χ4n) is 2.46. The van der Waals surface area contributed by atoms with Gasteiger partial charge in [-0.2, -0.15) is 5.26 Å². The molecule has 0 saturated carbocycles. The predicted molar refractivity (Wildman–Crippen MR) is 94.8 cm³/mol. The zero-order valence-corrected chi connectivity index (χ0v) is 14.2. The van der Waals surface area contributed by atoms with E-state index in [-0.39, 0.29) is 0 Å². The minimum Gasteiger partial charge on any atom is -0.452 e. The largest absolute Gasteiger partial charge is 0.452 e. The van der Waals surface area contributed by atoms with E-state index in [4.69, 9.17) is 10.00 Å². The van der Waals surface area contributed by atoms with Crippen molar-refractivity contribution in [2.75, 3.05) is 5.32 Å². The van der Waals surface area contributed by atoms with E-state index >= 15 is 0 Å². The minimum atomic E-state index is -0.961. The first-order valence-corrected chi connectivity index (χ1v) is 8.12. The first-order chi connectivity index (χ1) is 12.1. The number of anilines is 1. The Balaban J connectivity index is 2.03. The van der Waals surface area contributed by atoms with Crippen molar-refractivity contribution < 1.29 is 14.3 Å². The Morgan fingerprint density at radius 3 is 2.40 bits per heavy atom. The van der Waals surface area contributed by atoms with Gasteiger partial charge in [-0.15, -0.1) is 0 Å². The van der Waals surface area contributed by atoms with Crippen molar-refractivity contribution in [1.82, 2.24) is 0 Å². The molecule has 0 aliphatic heterocycles. The number of para-hydroxylation sites is 1. The summed E-state index contributed by atoms with van der Waals surface area (Å²) in [5, 5.41) is 11.7. The number of esters is 1. The molecule has 2 aromatic rings. The van der Waals surface area contributed by atoms with E-state index in [1.54, 1.807) is 24.3 Å². The maximum absolute atomic E-state index is 12.4. The highest BCUT2D eigenvalue weighted by Crippen LogP contribution is 2.22. The SMILES string of the molecule is CC[C@H](C(=O)O[C@H](C)C(=O)Nc1ccccc1C#N)c1ccccc1. The van der Waals surface area contributed by atoms with Gasteiger partial charge in [-0.05, 0) is 31.0 Å². The molecule has 1 N–H and O–H groups in total. The molecule has 0 saturated heterocycles. The lowest BCUT2D eigenvalue weighted by Crippen LogP contribution is -2.32. The maximum atomic E-state index is 12.4. The molecule has 25 heavy (non-hydrogen) atoms. The van der Waals surface area contributed by atoms with Gasteiger partial charge in [0.25, 0.3) is 5.91 Å². The van der Waals surface area contributed by atoms with Gasteiger partial charge in [0, 0.05) is 0 Å². The molecule has 5 heteroatoms. The van der Waals surface area contributed by atoms with Crippen molar-refractivity contribution >= 4 is 17.6 Å². The van der Waals surface area contributed by atoms with E-state index in [2.05, 4.69) is 5.32 Å². The van der Waals surface area contributed by atoms with Crippen LogP contribution in [0.1, 0.15) is 37.3 Å². The van der Waals surface area contributed by atoms with Gasteiger partial charge in [-0.3, -0.25) is 9.59 Å². The van der Waals surface area contributed by atoms with Gasteiger partial charge in [-0.1, -0.05) is 49.4 Å². The van der Waals surface area contributed by atoms with Crippen LogP contribution in [0, 0.1) is 11.3 Å². The summed E-state index contributed by atoms with van der Waals surface area (Å²) in [5.41, 5.74) is 1.61. The summed E-state index contributed by atoms with van der Waals surface area (Å²) in [7, 11) is 0. The number of amides is 1. The smallest absolute Gasteiger partial charge is 0.314 e. The molecular formula is C20H20N2O3. The van der Waals surface area contributed by atoms with Crippen molar-refractivity contribution in [2.24, 2.45) is 0 Å². The second kappa shape index (κ2) is 8.65. The van der Waals surface area contributed by atoms with Crippen LogP contribution in [0.15, 0.2) is 54.6 Å². The van der Waals surface area contributed by atoms with E-state index in [0.29, 0.717) is 17.7 Å². The Kier molecular flexibility index (Phi) is 6.30. The van der Waals surface area contributed by atoms with Gasteiger partial charge in [0.05, 0.1) is 17.2 Å². The molecule has 0 bridgehead atoms. The molecule has 0 unspecified atom stereocenters. The summed E-state index contributed by atoms with van der Waals surface area (Å²) in [6.45, 7) is 3.41. The highest BCUT2D eigenvalue weighted by molar-refractivity contribution is 5.96. The molecular weight excluding hydrogens is 316 g/mol. The number of benzene rings is 2. The Bertz CT molecular complexity index is 781. The van der Waals surface area contributed by atoms with E-state index in [9.17, 15) is 9.59 Å². The number of hydrogen-bond donors (Lipinski definition) is 1. The average molecular weight is 336 g/mol. The minimum absolute atomic E-state index is 0.352. The molecule has 0 aliphatic carbocycles. The van der Waals surface area contributed by atoms with Crippen molar-refractivity contribution in [2.45, 2.75) is 32.3 Å². The molecule has 0 heterocycles. The number of carbonyl (C=O) groups excluding carboxylic acids is 2. The molecule has 5 nitrogen and oxygen atoms in total. The Morgan fingerprint density at radius 1 is 1.12 bits per heavy atom. The molecule has 0 aromatic heterocycles. The number of ether oxygens (including phenoxy) is 1. The van der Waals surface area contributed by atoms with Crippen LogP contribution in [-0.4, -0.2) is 18.0 Å². The van der Waals surface area contributed by atoms with Crippen molar-refractivity contribution in [1.29, 1.82) is 5.26 Å². The van der Waals surface area contributed by atoms with Gasteiger partial charge >= 0.3 is 5.97 Å². The van der Waals surface area contributed by atoms with Crippen LogP contribution in [0.2, 0.25) is 0 Å². The molecule has 0 fully saturated rings. The summed E-state index contributed by atoms with van der Waals surface area (Å²) in [4.78, 5) is 24.7. The standard InChI is InChI=1S/C20H20N2O3/c1-3-17(15-9-5-4-6-10-15)20(24)25-14(2)19(23)22-18-12-8-7-11-16(18)13-21/h4-12,14,17H,3H2,1-2H3,(H,22,23)/t14-,17+/m1/s1. The molecule has 2 rings (SSSR count). The van der Waals surface area contributed by atoms with E-state index in [1.165, 1.54) is 6.92 Å². The quantitative estimate of drug-likeness (QED) is 0.817. The molecule has 0 radical (unpaired) electrons. The van der Waals surface area contributed by atoms with Crippen molar-refractivity contribution in [3.05, 3.63) is 65.7 Å². The zero-order chi connectivity index (χ0) is 18.2. The molecule has 0 spiro atoms. The fraction of sp³-hybridized carbons (Fsp3) is 0.250. The fourth-order valence-corrected chi connectivity index (χ4v) is 2.46. The monoisotopic (exact) mass is 336 g/mol. The van der Waals surface area contributed by atoms with Gasteiger partial charge < -0.3 is 10.1 Å².